The van der Waals surface area contributed by atoms with Crippen molar-refractivity contribution < 1.29 is 9.59 Å². The van der Waals surface area contributed by atoms with Crippen molar-refractivity contribution in [2.24, 2.45) is 5.73 Å². The molecule has 4 heteroatoms. The molecule has 0 fully saturated rings. The van der Waals surface area contributed by atoms with E-state index in [0.717, 1.165) is 5.56 Å². The molecule has 1 aliphatic heterocycles. The minimum Gasteiger partial charge on any atom is -0.322 e. The smallest absolute Gasteiger partial charge is 0.256 e. The van der Waals surface area contributed by atoms with Crippen molar-refractivity contribution in [2.75, 3.05) is 6.54 Å². The Balaban J connectivity index is 2.13. The summed E-state index contributed by atoms with van der Waals surface area (Å²) in [6.07, 6.45) is 0. The van der Waals surface area contributed by atoms with E-state index in [4.69, 9.17) is 5.73 Å². The van der Waals surface area contributed by atoms with Crippen LogP contribution in [0.4, 0.5) is 0 Å². The lowest BCUT2D eigenvalue weighted by atomic mass is 10.1. The van der Waals surface area contributed by atoms with Gasteiger partial charge in [-0.25, -0.2) is 0 Å². The van der Waals surface area contributed by atoms with Gasteiger partial charge in [0.15, 0.2) is 0 Å². The molecule has 94 valence electrons. The summed E-state index contributed by atoms with van der Waals surface area (Å²) in [5, 5.41) is 0. The average molecular weight is 244 g/mol. The van der Waals surface area contributed by atoms with E-state index in [9.17, 15) is 9.59 Å². The lowest BCUT2D eigenvalue weighted by Crippen LogP contribution is -2.37. The van der Waals surface area contributed by atoms with Crippen LogP contribution in [0.5, 0.6) is 0 Å². The molecule has 0 spiro atoms. The Kier molecular flexibility index (Phi) is 3.30. The van der Waals surface area contributed by atoms with Crippen molar-refractivity contribution in [3.8, 4) is 0 Å². The molecular weight excluding hydrogens is 228 g/mol. The zero-order valence-corrected chi connectivity index (χ0v) is 10.5. The number of hydrogen-bond acceptors (Lipinski definition) is 3. The SMILES string of the molecule is CC1=C(C)C(=O)N(CC(N)c2ccccc2)C1=O. The van der Waals surface area contributed by atoms with Crippen LogP contribution >= 0.6 is 0 Å². The summed E-state index contributed by atoms with van der Waals surface area (Å²) in [5.74, 6) is -0.465. The number of hydrogen-bond donors (Lipinski definition) is 1. The molecule has 1 aromatic carbocycles. The van der Waals surface area contributed by atoms with Crippen LogP contribution in [0.2, 0.25) is 0 Å². The monoisotopic (exact) mass is 244 g/mol. The Hall–Kier alpha value is -1.94. The summed E-state index contributed by atoms with van der Waals surface area (Å²) >= 11 is 0. The number of nitrogens with zero attached hydrogens (tertiary/aromatic N) is 1. The largest absolute Gasteiger partial charge is 0.322 e. The van der Waals surface area contributed by atoms with Gasteiger partial charge in [0.05, 0.1) is 0 Å². The van der Waals surface area contributed by atoms with Crippen molar-refractivity contribution in [3.05, 3.63) is 47.0 Å². The normalized spacial score (nSPS) is 17.6. The first-order chi connectivity index (χ1) is 8.52. The van der Waals surface area contributed by atoms with Crippen molar-refractivity contribution in [3.63, 3.8) is 0 Å². The quantitative estimate of drug-likeness (QED) is 0.817. The third-order valence-electron chi connectivity index (χ3n) is 3.30. The van der Waals surface area contributed by atoms with Crippen LogP contribution in [0.3, 0.4) is 0 Å². The third kappa shape index (κ3) is 2.07. The van der Waals surface area contributed by atoms with Crippen LogP contribution in [0.25, 0.3) is 0 Å². The van der Waals surface area contributed by atoms with E-state index in [0.29, 0.717) is 11.1 Å². The van der Waals surface area contributed by atoms with Crippen molar-refractivity contribution in [1.82, 2.24) is 4.90 Å². The van der Waals surface area contributed by atoms with Gasteiger partial charge in [-0.2, -0.15) is 0 Å². The van der Waals surface area contributed by atoms with Gasteiger partial charge >= 0.3 is 0 Å². The first kappa shape index (κ1) is 12.5. The van der Waals surface area contributed by atoms with E-state index >= 15 is 0 Å². The van der Waals surface area contributed by atoms with Gasteiger partial charge in [0.1, 0.15) is 0 Å². The molecule has 0 radical (unpaired) electrons. The fourth-order valence-electron chi connectivity index (χ4n) is 1.99. The molecule has 1 unspecified atom stereocenters. The summed E-state index contributed by atoms with van der Waals surface area (Å²) in [6, 6.07) is 9.11. The fraction of sp³-hybridized carbons (Fsp3) is 0.286. The van der Waals surface area contributed by atoms with Gasteiger partial charge in [-0.05, 0) is 19.4 Å². The molecule has 2 amide bonds. The molecule has 4 nitrogen and oxygen atoms in total. The van der Waals surface area contributed by atoms with Crippen molar-refractivity contribution in [1.29, 1.82) is 0 Å². The second-order valence-corrected chi connectivity index (χ2v) is 4.49. The second kappa shape index (κ2) is 4.74. The van der Waals surface area contributed by atoms with Gasteiger partial charge in [0.25, 0.3) is 11.8 Å². The number of rotatable bonds is 3. The highest BCUT2D eigenvalue weighted by Crippen LogP contribution is 2.22. The topological polar surface area (TPSA) is 63.4 Å². The highest BCUT2D eigenvalue weighted by atomic mass is 16.2. The van der Waals surface area contributed by atoms with E-state index in [1.807, 2.05) is 30.3 Å². The Morgan fingerprint density at radius 3 is 2.06 bits per heavy atom. The molecule has 1 heterocycles. The zero-order chi connectivity index (χ0) is 13.3. The maximum absolute atomic E-state index is 11.9. The number of carbonyl (C=O) groups is 2. The number of amides is 2. The van der Waals surface area contributed by atoms with Crippen LogP contribution in [0.15, 0.2) is 41.5 Å². The van der Waals surface area contributed by atoms with Gasteiger partial charge in [-0.1, -0.05) is 30.3 Å². The molecule has 2 rings (SSSR count). The summed E-state index contributed by atoms with van der Waals surface area (Å²) in [4.78, 5) is 25.0. The van der Waals surface area contributed by atoms with Crippen LogP contribution < -0.4 is 5.73 Å². The molecule has 0 aromatic heterocycles. The van der Waals surface area contributed by atoms with E-state index in [1.165, 1.54) is 4.90 Å². The van der Waals surface area contributed by atoms with E-state index in [1.54, 1.807) is 13.8 Å². The summed E-state index contributed by atoms with van der Waals surface area (Å²) in [7, 11) is 0. The van der Waals surface area contributed by atoms with Crippen LogP contribution in [0, 0.1) is 0 Å². The van der Waals surface area contributed by atoms with Gasteiger partial charge in [-0.3, -0.25) is 14.5 Å². The Bertz CT molecular complexity index is 496. The third-order valence-corrected chi connectivity index (χ3v) is 3.30. The minimum absolute atomic E-state index is 0.219. The van der Waals surface area contributed by atoms with E-state index in [2.05, 4.69) is 0 Å². The molecule has 0 bridgehead atoms. The highest BCUT2D eigenvalue weighted by molar-refractivity contribution is 6.18. The summed E-state index contributed by atoms with van der Waals surface area (Å²) in [6.45, 7) is 3.56. The number of carbonyl (C=O) groups excluding carboxylic acids is 2. The molecule has 0 saturated carbocycles. The van der Waals surface area contributed by atoms with Crippen LogP contribution in [0.1, 0.15) is 25.5 Å². The predicted octanol–water partition coefficient (Wildman–Crippen LogP) is 1.39. The maximum atomic E-state index is 11.9. The standard InChI is InChI=1S/C14H16N2O2/c1-9-10(2)14(18)16(13(9)17)8-12(15)11-6-4-3-5-7-11/h3-7,12H,8,15H2,1-2H3. The Labute approximate surface area is 106 Å². The number of benzene rings is 1. The molecule has 1 aliphatic rings. The van der Waals surface area contributed by atoms with Gasteiger partial charge in [-0.15, -0.1) is 0 Å². The molecule has 0 saturated heterocycles. The average Bonchev–Trinajstić information content (AvgIpc) is 2.57. The Morgan fingerprint density at radius 1 is 1.06 bits per heavy atom. The van der Waals surface area contributed by atoms with Gasteiger partial charge in [0, 0.05) is 23.7 Å². The molecule has 1 atom stereocenters. The highest BCUT2D eigenvalue weighted by Gasteiger charge is 2.34. The first-order valence-corrected chi connectivity index (χ1v) is 5.86. The van der Waals surface area contributed by atoms with Crippen molar-refractivity contribution >= 4 is 11.8 Å². The molecule has 2 N–H and O–H groups in total. The van der Waals surface area contributed by atoms with E-state index in [-0.39, 0.29) is 24.4 Å². The minimum atomic E-state index is -0.349. The molecule has 1 aromatic rings. The van der Waals surface area contributed by atoms with E-state index < -0.39 is 0 Å². The second-order valence-electron chi connectivity index (χ2n) is 4.49. The lowest BCUT2D eigenvalue weighted by molar-refractivity contribution is -0.137. The summed E-state index contributed by atoms with van der Waals surface area (Å²) < 4.78 is 0. The number of imide groups is 1. The zero-order valence-electron chi connectivity index (χ0n) is 10.5. The van der Waals surface area contributed by atoms with Gasteiger partial charge < -0.3 is 5.73 Å². The summed E-state index contributed by atoms with van der Waals surface area (Å²) in [5.41, 5.74) is 7.97. The Morgan fingerprint density at radius 2 is 1.56 bits per heavy atom. The van der Waals surface area contributed by atoms with Crippen molar-refractivity contribution in [2.45, 2.75) is 19.9 Å². The number of nitrogens with two attached hydrogens (primary N) is 1. The van der Waals surface area contributed by atoms with Crippen LogP contribution in [-0.4, -0.2) is 23.3 Å². The lowest BCUT2D eigenvalue weighted by Gasteiger charge is -2.20. The first-order valence-electron chi connectivity index (χ1n) is 5.86. The fourth-order valence-corrected chi connectivity index (χ4v) is 1.99. The van der Waals surface area contributed by atoms with Gasteiger partial charge in [0.2, 0.25) is 0 Å². The molecular formula is C14H16N2O2. The predicted molar refractivity (Wildman–Crippen MR) is 68.5 cm³/mol. The maximum Gasteiger partial charge on any atom is 0.256 e. The molecule has 18 heavy (non-hydrogen) atoms. The van der Waals surface area contributed by atoms with Crippen LogP contribution in [-0.2, 0) is 9.59 Å². The molecule has 0 aliphatic carbocycles.